The highest BCUT2D eigenvalue weighted by Crippen LogP contribution is 2.47. The minimum atomic E-state index is 0.519. The zero-order chi connectivity index (χ0) is 15.1. The fourth-order valence-electron chi connectivity index (χ4n) is 5.78. The first-order valence-corrected chi connectivity index (χ1v) is 9.33. The summed E-state index contributed by atoms with van der Waals surface area (Å²) in [6.45, 7) is 15.4. The lowest BCUT2D eigenvalue weighted by Gasteiger charge is -2.49. The molecule has 3 aliphatic rings. The first kappa shape index (κ1) is 15.8. The summed E-state index contributed by atoms with van der Waals surface area (Å²) in [5.74, 6) is 0. The van der Waals surface area contributed by atoms with E-state index in [4.69, 9.17) is 0 Å². The molecular formula is C19H36N2. The van der Waals surface area contributed by atoms with Crippen molar-refractivity contribution in [3.05, 3.63) is 0 Å². The molecule has 2 heterocycles. The number of fused-ring (bicyclic) bond motifs is 1. The van der Waals surface area contributed by atoms with Crippen LogP contribution in [0.2, 0.25) is 0 Å². The van der Waals surface area contributed by atoms with Gasteiger partial charge in [-0.15, -0.1) is 0 Å². The lowest BCUT2D eigenvalue weighted by atomic mass is 9.63. The smallest absolute Gasteiger partial charge is 0.0223 e. The summed E-state index contributed by atoms with van der Waals surface area (Å²) in [4.78, 5) is 5.68. The summed E-state index contributed by atoms with van der Waals surface area (Å²) in [7, 11) is 0. The van der Waals surface area contributed by atoms with E-state index in [0.717, 1.165) is 12.1 Å². The van der Waals surface area contributed by atoms with E-state index in [1.165, 1.54) is 71.1 Å². The maximum atomic E-state index is 2.89. The standard InChI is InChI=1S/C19H36N2/c1-18(2)12-17(13-19(3,4)15-18)21-11-7-10-20-9-6-5-8-16(20)14-21/h16-17H,5-15H2,1-4H3. The summed E-state index contributed by atoms with van der Waals surface area (Å²) >= 11 is 0. The molecule has 1 saturated carbocycles. The van der Waals surface area contributed by atoms with Crippen LogP contribution in [0, 0.1) is 10.8 Å². The predicted octanol–water partition coefficient (Wildman–Crippen LogP) is 4.15. The van der Waals surface area contributed by atoms with Gasteiger partial charge in [-0.2, -0.15) is 0 Å². The third kappa shape index (κ3) is 3.82. The van der Waals surface area contributed by atoms with Gasteiger partial charge in [0.2, 0.25) is 0 Å². The molecule has 3 rings (SSSR count). The number of nitrogens with zero attached hydrogens (tertiary/aromatic N) is 2. The van der Waals surface area contributed by atoms with Gasteiger partial charge in [0.1, 0.15) is 0 Å². The number of rotatable bonds is 1. The molecular weight excluding hydrogens is 256 g/mol. The van der Waals surface area contributed by atoms with Crippen molar-refractivity contribution < 1.29 is 0 Å². The highest BCUT2D eigenvalue weighted by Gasteiger charge is 2.41. The SMILES string of the molecule is CC1(C)CC(N2CCCN3CCCCC3C2)CC(C)(C)C1. The second kappa shape index (κ2) is 5.85. The third-order valence-electron chi connectivity index (χ3n) is 6.13. The molecule has 0 aromatic rings. The number of hydrogen-bond acceptors (Lipinski definition) is 2. The Bertz CT molecular complexity index is 345. The van der Waals surface area contributed by atoms with Crippen molar-refractivity contribution >= 4 is 0 Å². The van der Waals surface area contributed by atoms with Gasteiger partial charge in [-0.05, 0) is 69.0 Å². The molecule has 0 N–H and O–H groups in total. The molecule has 21 heavy (non-hydrogen) atoms. The van der Waals surface area contributed by atoms with Crippen LogP contribution in [0.25, 0.3) is 0 Å². The van der Waals surface area contributed by atoms with Crippen molar-refractivity contribution in [2.45, 2.75) is 84.7 Å². The quantitative estimate of drug-likeness (QED) is 0.716. The molecule has 2 saturated heterocycles. The molecule has 122 valence electrons. The van der Waals surface area contributed by atoms with Gasteiger partial charge in [0.05, 0.1) is 0 Å². The summed E-state index contributed by atoms with van der Waals surface area (Å²) in [6, 6.07) is 1.68. The molecule has 2 nitrogen and oxygen atoms in total. The summed E-state index contributed by atoms with van der Waals surface area (Å²) in [5, 5.41) is 0. The molecule has 0 amide bonds. The van der Waals surface area contributed by atoms with Crippen LogP contribution in [0.15, 0.2) is 0 Å². The largest absolute Gasteiger partial charge is 0.299 e. The normalized spacial score (nSPS) is 35.1. The van der Waals surface area contributed by atoms with Gasteiger partial charge < -0.3 is 0 Å². The molecule has 1 unspecified atom stereocenters. The Balaban J connectivity index is 1.70. The monoisotopic (exact) mass is 292 g/mol. The minimum absolute atomic E-state index is 0.519. The van der Waals surface area contributed by atoms with E-state index in [-0.39, 0.29) is 0 Å². The fourth-order valence-corrected chi connectivity index (χ4v) is 5.78. The lowest BCUT2D eigenvalue weighted by molar-refractivity contribution is 0.0174. The van der Waals surface area contributed by atoms with E-state index in [1.807, 2.05) is 0 Å². The van der Waals surface area contributed by atoms with Crippen molar-refractivity contribution in [2.75, 3.05) is 26.2 Å². The van der Waals surface area contributed by atoms with E-state index in [9.17, 15) is 0 Å². The zero-order valence-electron chi connectivity index (χ0n) is 14.8. The number of hydrogen-bond donors (Lipinski definition) is 0. The van der Waals surface area contributed by atoms with Gasteiger partial charge in [-0.25, -0.2) is 0 Å². The average molecular weight is 293 g/mol. The fraction of sp³-hybridized carbons (Fsp3) is 1.00. The maximum Gasteiger partial charge on any atom is 0.0223 e. The van der Waals surface area contributed by atoms with Crippen LogP contribution >= 0.6 is 0 Å². The Morgan fingerprint density at radius 2 is 1.33 bits per heavy atom. The van der Waals surface area contributed by atoms with Crippen LogP contribution in [0.5, 0.6) is 0 Å². The Labute approximate surface area is 132 Å². The van der Waals surface area contributed by atoms with E-state index < -0.39 is 0 Å². The Hall–Kier alpha value is -0.0800. The van der Waals surface area contributed by atoms with Crippen LogP contribution in [-0.2, 0) is 0 Å². The average Bonchev–Trinajstić information content (AvgIpc) is 2.57. The Morgan fingerprint density at radius 1 is 0.714 bits per heavy atom. The van der Waals surface area contributed by atoms with Gasteiger partial charge in [0.15, 0.2) is 0 Å². The summed E-state index contributed by atoms with van der Waals surface area (Å²) < 4.78 is 0. The van der Waals surface area contributed by atoms with Crippen molar-refractivity contribution in [3.63, 3.8) is 0 Å². The first-order chi connectivity index (χ1) is 9.85. The predicted molar refractivity (Wildman–Crippen MR) is 90.6 cm³/mol. The zero-order valence-corrected chi connectivity index (χ0v) is 14.8. The van der Waals surface area contributed by atoms with Crippen molar-refractivity contribution in [1.29, 1.82) is 0 Å². The van der Waals surface area contributed by atoms with Gasteiger partial charge in [0, 0.05) is 18.6 Å². The molecule has 1 aliphatic carbocycles. The van der Waals surface area contributed by atoms with Gasteiger partial charge in [-0.1, -0.05) is 34.1 Å². The maximum absolute atomic E-state index is 2.89. The van der Waals surface area contributed by atoms with Crippen LogP contribution in [0.1, 0.15) is 72.6 Å². The van der Waals surface area contributed by atoms with E-state index in [0.29, 0.717) is 10.8 Å². The summed E-state index contributed by atoms with van der Waals surface area (Å²) in [6.07, 6.45) is 9.91. The molecule has 0 bridgehead atoms. The van der Waals surface area contributed by atoms with Gasteiger partial charge in [-0.3, -0.25) is 9.80 Å². The lowest BCUT2D eigenvalue weighted by Crippen LogP contribution is -2.50. The number of piperidine rings is 1. The third-order valence-corrected chi connectivity index (χ3v) is 6.13. The van der Waals surface area contributed by atoms with Crippen LogP contribution < -0.4 is 0 Å². The van der Waals surface area contributed by atoms with Gasteiger partial charge >= 0.3 is 0 Å². The highest BCUT2D eigenvalue weighted by molar-refractivity contribution is 4.95. The molecule has 2 heteroatoms. The molecule has 0 radical (unpaired) electrons. The minimum Gasteiger partial charge on any atom is -0.299 e. The second-order valence-electron chi connectivity index (χ2n) is 9.60. The Morgan fingerprint density at radius 3 is 2.05 bits per heavy atom. The molecule has 1 atom stereocenters. The van der Waals surface area contributed by atoms with Crippen molar-refractivity contribution in [1.82, 2.24) is 9.80 Å². The van der Waals surface area contributed by atoms with E-state index in [1.54, 1.807) is 0 Å². The van der Waals surface area contributed by atoms with Gasteiger partial charge in [0.25, 0.3) is 0 Å². The highest BCUT2D eigenvalue weighted by atomic mass is 15.3. The summed E-state index contributed by atoms with van der Waals surface area (Å²) in [5.41, 5.74) is 1.04. The van der Waals surface area contributed by atoms with Crippen molar-refractivity contribution in [3.8, 4) is 0 Å². The molecule has 3 fully saturated rings. The topological polar surface area (TPSA) is 6.48 Å². The van der Waals surface area contributed by atoms with E-state index >= 15 is 0 Å². The first-order valence-electron chi connectivity index (χ1n) is 9.33. The molecule has 0 spiro atoms. The van der Waals surface area contributed by atoms with E-state index in [2.05, 4.69) is 37.5 Å². The Kier molecular flexibility index (Phi) is 4.40. The van der Waals surface area contributed by atoms with Crippen molar-refractivity contribution in [2.24, 2.45) is 10.8 Å². The molecule has 0 aromatic heterocycles. The molecule has 0 aromatic carbocycles. The van der Waals surface area contributed by atoms with Crippen LogP contribution in [-0.4, -0.2) is 48.1 Å². The second-order valence-corrected chi connectivity index (χ2v) is 9.60. The molecule has 2 aliphatic heterocycles. The van der Waals surface area contributed by atoms with Crippen LogP contribution in [0.3, 0.4) is 0 Å². The van der Waals surface area contributed by atoms with Crippen LogP contribution in [0.4, 0.5) is 0 Å².